The van der Waals surface area contributed by atoms with E-state index in [-0.39, 0.29) is 24.0 Å². The average molecular weight is 541 g/mol. The molecule has 0 radical (unpaired) electrons. The highest BCUT2D eigenvalue weighted by atomic mass is 127. The Bertz CT molecular complexity index is 790. The van der Waals surface area contributed by atoms with Crippen molar-refractivity contribution in [2.24, 2.45) is 10.9 Å². The second-order valence-corrected chi connectivity index (χ2v) is 8.77. The van der Waals surface area contributed by atoms with E-state index in [4.69, 9.17) is 9.73 Å². The van der Waals surface area contributed by atoms with Gasteiger partial charge in [0.2, 0.25) is 0 Å². The summed E-state index contributed by atoms with van der Waals surface area (Å²) >= 11 is 0. The van der Waals surface area contributed by atoms with Gasteiger partial charge in [0.1, 0.15) is 0 Å². The summed E-state index contributed by atoms with van der Waals surface area (Å²) in [5.74, 6) is 1.97. The van der Waals surface area contributed by atoms with Gasteiger partial charge >= 0.3 is 0 Å². The van der Waals surface area contributed by atoms with Gasteiger partial charge in [0.15, 0.2) is 5.96 Å². The standard InChI is InChI=1S/C23H31N3O2S.HI/c1-2-24-23(25-14-16-29(27)22-11-7-4-8-12-22)26-15-13-21(17-26)19-28-18-20-9-5-3-6-10-20;/h3-12,21H,2,13-19H2,1H3,(H,24,25);1H. The zero-order chi connectivity index (χ0) is 20.3. The number of hydrogen-bond acceptors (Lipinski definition) is 3. The van der Waals surface area contributed by atoms with Crippen molar-refractivity contribution >= 4 is 40.7 Å². The lowest BCUT2D eigenvalue weighted by Gasteiger charge is -2.21. The molecule has 30 heavy (non-hydrogen) atoms. The first-order chi connectivity index (χ1) is 14.3. The smallest absolute Gasteiger partial charge is 0.193 e. The second-order valence-electron chi connectivity index (χ2n) is 7.20. The zero-order valence-corrected chi connectivity index (χ0v) is 20.7. The van der Waals surface area contributed by atoms with Gasteiger partial charge in [0.25, 0.3) is 0 Å². The van der Waals surface area contributed by atoms with E-state index in [1.165, 1.54) is 5.56 Å². The molecule has 1 fully saturated rings. The Morgan fingerprint density at radius 1 is 1.17 bits per heavy atom. The van der Waals surface area contributed by atoms with Crippen LogP contribution in [0.1, 0.15) is 18.9 Å². The Labute approximate surface area is 199 Å². The Morgan fingerprint density at radius 2 is 1.87 bits per heavy atom. The summed E-state index contributed by atoms with van der Waals surface area (Å²) in [6.45, 7) is 6.81. The fraction of sp³-hybridized carbons (Fsp3) is 0.435. The maximum atomic E-state index is 12.4. The van der Waals surface area contributed by atoms with Crippen molar-refractivity contribution in [3.63, 3.8) is 0 Å². The van der Waals surface area contributed by atoms with Crippen molar-refractivity contribution in [1.29, 1.82) is 0 Å². The van der Waals surface area contributed by atoms with Crippen molar-refractivity contribution in [2.45, 2.75) is 24.8 Å². The third-order valence-corrected chi connectivity index (χ3v) is 6.28. The Hall–Kier alpha value is -1.45. The molecular weight excluding hydrogens is 509 g/mol. The lowest BCUT2D eigenvalue weighted by atomic mass is 10.1. The summed E-state index contributed by atoms with van der Waals surface area (Å²) in [4.78, 5) is 7.88. The van der Waals surface area contributed by atoms with E-state index in [2.05, 4.69) is 29.3 Å². The molecule has 1 aliphatic heterocycles. The summed E-state index contributed by atoms with van der Waals surface area (Å²) in [6, 6.07) is 19.9. The Morgan fingerprint density at radius 3 is 2.57 bits per heavy atom. The van der Waals surface area contributed by atoms with E-state index in [9.17, 15) is 4.21 Å². The van der Waals surface area contributed by atoms with E-state index < -0.39 is 10.8 Å². The van der Waals surface area contributed by atoms with Gasteiger partial charge in [-0.3, -0.25) is 9.20 Å². The first-order valence-electron chi connectivity index (χ1n) is 10.3. The monoisotopic (exact) mass is 541 g/mol. The van der Waals surface area contributed by atoms with Crippen LogP contribution < -0.4 is 5.32 Å². The molecule has 5 nitrogen and oxygen atoms in total. The number of hydrogen-bond donors (Lipinski definition) is 1. The summed E-state index contributed by atoms with van der Waals surface area (Å²) in [5, 5.41) is 3.38. The van der Waals surface area contributed by atoms with Crippen LogP contribution in [-0.2, 0) is 22.1 Å². The van der Waals surface area contributed by atoms with E-state index in [1.807, 2.05) is 48.5 Å². The van der Waals surface area contributed by atoms with Crippen LogP contribution in [0.2, 0.25) is 0 Å². The fourth-order valence-corrected chi connectivity index (χ4v) is 4.38. The molecule has 3 rings (SSSR count). The number of aliphatic imine (C=N–C) groups is 1. The van der Waals surface area contributed by atoms with Gasteiger partial charge in [-0.25, -0.2) is 0 Å². The highest BCUT2D eigenvalue weighted by Crippen LogP contribution is 2.17. The highest BCUT2D eigenvalue weighted by Gasteiger charge is 2.25. The minimum absolute atomic E-state index is 0. The lowest BCUT2D eigenvalue weighted by Crippen LogP contribution is -2.40. The van der Waals surface area contributed by atoms with Crippen LogP contribution >= 0.6 is 24.0 Å². The number of benzene rings is 2. The number of rotatable bonds is 9. The van der Waals surface area contributed by atoms with Gasteiger partial charge in [0.05, 0.1) is 30.6 Å². The van der Waals surface area contributed by atoms with Crippen LogP contribution in [0.15, 0.2) is 70.6 Å². The molecule has 1 heterocycles. The van der Waals surface area contributed by atoms with Crippen LogP contribution in [0.3, 0.4) is 0 Å². The van der Waals surface area contributed by atoms with E-state index in [0.29, 0.717) is 24.8 Å². The van der Waals surface area contributed by atoms with Gasteiger partial charge in [-0.05, 0) is 31.0 Å². The van der Waals surface area contributed by atoms with Crippen molar-refractivity contribution in [2.75, 3.05) is 38.5 Å². The van der Waals surface area contributed by atoms with Crippen LogP contribution in [-0.4, -0.2) is 53.6 Å². The van der Waals surface area contributed by atoms with Gasteiger partial charge in [0, 0.05) is 36.2 Å². The summed E-state index contributed by atoms with van der Waals surface area (Å²) < 4.78 is 18.3. The minimum Gasteiger partial charge on any atom is -0.376 e. The molecule has 0 aromatic heterocycles. The van der Waals surface area contributed by atoms with E-state index >= 15 is 0 Å². The van der Waals surface area contributed by atoms with Crippen LogP contribution in [0.25, 0.3) is 0 Å². The van der Waals surface area contributed by atoms with Gasteiger partial charge in [-0.15, -0.1) is 24.0 Å². The molecule has 0 amide bonds. The topological polar surface area (TPSA) is 53.9 Å². The molecule has 7 heteroatoms. The van der Waals surface area contributed by atoms with Crippen molar-refractivity contribution in [3.05, 3.63) is 66.2 Å². The lowest BCUT2D eigenvalue weighted by molar-refractivity contribution is 0.0907. The normalized spacial score (nSPS) is 17.4. The number of halogens is 1. The Balaban J connectivity index is 0.00000320. The van der Waals surface area contributed by atoms with Crippen LogP contribution in [0.4, 0.5) is 0 Å². The van der Waals surface area contributed by atoms with Gasteiger partial charge in [-0.2, -0.15) is 0 Å². The number of nitrogens with one attached hydrogen (secondary N) is 1. The van der Waals surface area contributed by atoms with Crippen molar-refractivity contribution < 1.29 is 8.95 Å². The summed E-state index contributed by atoms with van der Waals surface area (Å²) in [7, 11) is -1.01. The quantitative estimate of drug-likeness (QED) is 0.297. The molecule has 1 saturated heterocycles. The van der Waals surface area contributed by atoms with Crippen molar-refractivity contribution in [3.8, 4) is 0 Å². The van der Waals surface area contributed by atoms with E-state index in [0.717, 1.165) is 43.5 Å². The van der Waals surface area contributed by atoms with Gasteiger partial charge < -0.3 is 15.0 Å². The predicted molar refractivity (Wildman–Crippen MR) is 135 cm³/mol. The summed E-state index contributed by atoms with van der Waals surface area (Å²) in [6.07, 6.45) is 1.11. The molecule has 0 aliphatic carbocycles. The minimum atomic E-state index is -1.01. The number of ether oxygens (including phenoxy) is 1. The molecule has 164 valence electrons. The third-order valence-electron chi connectivity index (χ3n) is 4.93. The van der Waals surface area contributed by atoms with Crippen molar-refractivity contribution in [1.82, 2.24) is 10.2 Å². The molecular formula is C23H32IN3O2S. The largest absolute Gasteiger partial charge is 0.376 e. The molecule has 1 aliphatic rings. The average Bonchev–Trinajstić information content (AvgIpc) is 3.23. The number of likely N-dealkylation sites (tertiary alicyclic amines) is 1. The highest BCUT2D eigenvalue weighted by molar-refractivity contribution is 14.0. The third kappa shape index (κ3) is 8.00. The number of nitrogens with zero attached hydrogens (tertiary/aromatic N) is 2. The van der Waals surface area contributed by atoms with E-state index in [1.54, 1.807) is 0 Å². The summed E-state index contributed by atoms with van der Waals surface area (Å²) in [5.41, 5.74) is 1.21. The SMILES string of the molecule is CCNC(=NCCS(=O)c1ccccc1)N1CCC(COCc2ccccc2)C1.I. The maximum absolute atomic E-state index is 12.4. The van der Waals surface area contributed by atoms with Crippen LogP contribution in [0, 0.1) is 5.92 Å². The maximum Gasteiger partial charge on any atom is 0.193 e. The molecule has 0 bridgehead atoms. The first kappa shape index (κ1) is 24.8. The molecule has 0 saturated carbocycles. The predicted octanol–water partition coefficient (Wildman–Crippen LogP) is 3.92. The van der Waals surface area contributed by atoms with Gasteiger partial charge in [-0.1, -0.05) is 48.5 Å². The molecule has 0 spiro atoms. The molecule has 2 unspecified atom stereocenters. The molecule has 2 atom stereocenters. The van der Waals surface area contributed by atoms with Crippen LogP contribution in [0.5, 0.6) is 0 Å². The fourth-order valence-electron chi connectivity index (χ4n) is 3.43. The zero-order valence-electron chi connectivity index (χ0n) is 17.5. The Kier molecular flexibility index (Phi) is 11.4. The number of guanidine groups is 1. The molecule has 1 N–H and O–H groups in total. The second kappa shape index (κ2) is 13.8. The molecule has 2 aromatic rings. The first-order valence-corrected chi connectivity index (χ1v) is 11.7. The molecule has 2 aromatic carbocycles.